The molecular formula is C19H30N2O3. The van der Waals surface area contributed by atoms with Crippen LogP contribution in [0.15, 0.2) is 24.3 Å². The van der Waals surface area contributed by atoms with Gasteiger partial charge in [-0.1, -0.05) is 31.2 Å². The molecule has 1 N–H and O–H groups in total. The third-order valence-electron chi connectivity index (χ3n) is 3.51. The molecular weight excluding hydrogens is 304 g/mol. The lowest BCUT2D eigenvalue weighted by Crippen LogP contribution is -2.33. The third-order valence-corrected chi connectivity index (χ3v) is 3.51. The van der Waals surface area contributed by atoms with Gasteiger partial charge in [0, 0.05) is 26.6 Å². The Kier molecular flexibility index (Phi) is 7.75. The zero-order chi connectivity index (χ0) is 18.2. The molecule has 0 aliphatic rings. The monoisotopic (exact) mass is 334 g/mol. The Balaban J connectivity index is 2.27. The normalized spacial score (nSPS) is 11.0. The lowest BCUT2D eigenvalue weighted by molar-refractivity contribution is -0.130. The highest BCUT2D eigenvalue weighted by Gasteiger charge is 2.15. The Labute approximate surface area is 145 Å². The minimum Gasteiger partial charge on any atom is -0.444 e. The minimum absolute atomic E-state index is 0.0700. The number of aryl methyl sites for hydroxylation is 1. The van der Waals surface area contributed by atoms with Gasteiger partial charge >= 0.3 is 6.09 Å². The summed E-state index contributed by atoms with van der Waals surface area (Å²) in [5.74, 6) is 0.0700. The molecule has 5 nitrogen and oxygen atoms in total. The standard InChI is InChI=1S/C19H30N2O3/c1-6-15-9-11-16(12-10-15)14-21(5)17(22)8-7-13-20-18(23)24-19(2,3)4/h9-12H,6-8,13-14H2,1-5H3,(H,20,23). The highest BCUT2D eigenvalue weighted by molar-refractivity contribution is 5.76. The number of alkyl carbamates (subject to hydrolysis) is 1. The highest BCUT2D eigenvalue weighted by atomic mass is 16.6. The molecule has 2 amide bonds. The summed E-state index contributed by atoms with van der Waals surface area (Å²) >= 11 is 0. The first-order chi connectivity index (χ1) is 11.2. The number of nitrogens with one attached hydrogen (secondary N) is 1. The van der Waals surface area contributed by atoms with Crippen LogP contribution in [-0.2, 0) is 22.5 Å². The maximum absolute atomic E-state index is 12.1. The minimum atomic E-state index is -0.507. The van der Waals surface area contributed by atoms with Crippen LogP contribution >= 0.6 is 0 Å². The van der Waals surface area contributed by atoms with E-state index < -0.39 is 11.7 Å². The van der Waals surface area contributed by atoms with Crippen molar-refractivity contribution in [1.82, 2.24) is 10.2 Å². The van der Waals surface area contributed by atoms with Crippen molar-refractivity contribution in [2.24, 2.45) is 0 Å². The zero-order valence-electron chi connectivity index (χ0n) is 15.5. The van der Waals surface area contributed by atoms with Crippen molar-refractivity contribution in [2.75, 3.05) is 13.6 Å². The number of carbonyl (C=O) groups is 2. The van der Waals surface area contributed by atoms with E-state index in [4.69, 9.17) is 4.74 Å². The van der Waals surface area contributed by atoms with Gasteiger partial charge in [-0.3, -0.25) is 4.79 Å². The summed E-state index contributed by atoms with van der Waals surface area (Å²) < 4.78 is 5.14. The summed E-state index contributed by atoms with van der Waals surface area (Å²) in [4.78, 5) is 25.3. The van der Waals surface area contributed by atoms with E-state index in [1.54, 1.807) is 11.9 Å². The van der Waals surface area contributed by atoms with Gasteiger partial charge in [-0.2, -0.15) is 0 Å². The predicted octanol–water partition coefficient (Wildman–Crippen LogP) is 3.51. The van der Waals surface area contributed by atoms with E-state index in [2.05, 4.69) is 36.5 Å². The fraction of sp³-hybridized carbons (Fsp3) is 0.579. The van der Waals surface area contributed by atoms with Crippen LogP contribution in [0.25, 0.3) is 0 Å². The van der Waals surface area contributed by atoms with E-state index in [-0.39, 0.29) is 5.91 Å². The molecule has 1 aromatic rings. The maximum atomic E-state index is 12.1. The Morgan fingerprint density at radius 2 is 1.71 bits per heavy atom. The number of hydrogen-bond donors (Lipinski definition) is 1. The summed E-state index contributed by atoms with van der Waals surface area (Å²) in [6.45, 7) is 8.60. The molecule has 0 heterocycles. The van der Waals surface area contributed by atoms with Crippen molar-refractivity contribution in [2.45, 2.75) is 59.1 Å². The van der Waals surface area contributed by atoms with Gasteiger partial charge in [0.05, 0.1) is 0 Å². The molecule has 0 bridgehead atoms. The van der Waals surface area contributed by atoms with E-state index in [9.17, 15) is 9.59 Å². The number of carbonyl (C=O) groups excluding carboxylic acids is 2. The van der Waals surface area contributed by atoms with Gasteiger partial charge in [-0.25, -0.2) is 4.79 Å². The quantitative estimate of drug-likeness (QED) is 0.776. The third kappa shape index (κ3) is 7.99. The molecule has 0 saturated carbocycles. The van der Waals surface area contributed by atoms with E-state index in [0.717, 1.165) is 12.0 Å². The van der Waals surface area contributed by atoms with Gasteiger partial charge in [-0.05, 0) is 44.7 Å². The molecule has 0 aliphatic heterocycles. The average molecular weight is 334 g/mol. The van der Waals surface area contributed by atoms with E-state index in [0.29, 0.717) is 25.9 Å². The van der Waals surface area contributed by atoms with Gasteiger partial charge < -0.3 is 15.0 Å². The first-order valence-corrected chi connectivity index (χ1v) is 8.50. The molecule has 24 heavy (non-hydrogen) atoms. The number of ether oxygens (including phenoxy) is 1. The van der Waals surface area contributed by atoms with Crippen LogP contribution in [0.2, 0.25) is 0 Å². The second-order valence-electron chi connectivity index (χ2n) is 6.95. The first kappa shape index (κ1) is 20.0. The summed E-state index contributed by atoms with van der Waals surface area (Å²) in [6, 6.07) is 8.32. The summed E-state index contributed by atoms with van der Waals surface area (Å²) in [6.07, 6.45) is 1.57. The highest BCUT2D eigenvalue weighted by Crippen LogP contribution is 2.09. The molecule has 0 fully saturated rings. The van der Waals surface area contributed by atoms with Crippen LogP contribution in [-0.4, -0.2) is 36.1 Å². The molecule has 134 valence electrons. The Morgan fingerprint density at radius 3 is 2.25 bits per heavy atom. The molecule has 0 aromatic heterocycles. The molecule has 0 unspecified atom stereocenters. The molecule has 0 aliphatic carbocycles. The predicted molar refractivity (Wildman–Crippen MR) is 95.8 cm³/mol. The van der Waals surface area contributed by atoms with Gasteiger partial charge in [0.2, 0.25) is 5.91 Å². The van der Waals surface area contributed by atoms with Gasteiger partial charge in [0.25, 0.3) is 0 Å². The topological polar surface area (TPSA) is 58.6 Å². The Morgan fingerprint density at radius 1 is 1.12 bits per heavy atom. The van der Waals surface area contributed by atoms with Crippen LogP contribution in [0.3, 0.4) is 0 Å². The van der Waals surface area contributed by atoms with Crippen LogP contribution in [0.5, 0.6) is 0 Å². The number of rotatable bonds is 7. The number of hydrogen-bond acceptors (Lipinski definition) is 3. The van der Waals surface area contributed by atoms with E-state index >= 15 is 0 Å². The van der Waals surface area contributed by atoms with Crippen LogP contribution in [0.1, 0.15) is 51.7 Å². The van der Waals surface area contributed by atoms with Crippen molar-refractivity contribution in [3.05, 3.63) is 35.4 Å². The van der Waals surface area contributed by atoms with Crippen molar-refractivity contribution in [3.63, 3.8) is 0 Å². The number of nitrogens with zero attached hydrogens (tertiary/aromatic N) is 1. The second kappa shape index (κ2) is 9.30. The average Bonchev–Trinajstić information content (AvgIpc) is 2.50. The van der Waals surface area contributed by atoms with Crippen molar-refractivity contribution < 1.29 is 14.3 Å². The number of amides is 2. The lowest BCUT2D eigenvalue weighted by Gasteiger charge is -2.20. The Bertz CT molecular complexity index is 533. The summed E-state index contributed by atoms with van der Waals surface area (Å²) in [7, 11) is 1.80. The second-order valence-corrected chi connectivity index (χ2v) is 6.95. The zero-order valence-corrected chi connectivity index (χ0v) is 15.5. The summed E-state index contributed by atoms with van der Waals surface area (Å²) in [5, 5.41) is 2.66. The molecule has 1 aromatic carbocycles. The summed E-state index contributed by atoms with van der Waals surface area (Å²) in [5.41, 5.74) is 1.91. The molecule has 0 atom stereocenters. The fourth-order valence-electron chi connectivity index (χ4n) is 2.18. The van der Waals surface area contributed by atoms with Gasteiger partial charge in [-0.15, -0.1) is 0 Å². The molecule has 5 heteroatoms. The smallest absolute Gasteiger partial charge is 0.407 e. The van der Waals surface area contributed by atoms with E-state index in [1.165, 1.54) is 5.56 Å². The van der Waals surface area contributed by atoms with Gasteiger partial charge in [0.15, 0.2) is 0 Å². The fourth-order valence-corrected chi connectivity index (χ4v) is 2.18. The SMILES string of the molecule is CCc1ccc(CN(C)C(=O)CCCNC(=O)OC(C)(C)C)cc1. The van der Waals surface area contributed by atoms with E-state index in [1.807, 2.05) is 20.8 Å². The molecule has 0 radical (unpaired) electrons. The van der Waals surface area contributed by atoms with Crippen LogP contribution < -0.4 is 5.32 Å². The molecule has 0 spiro atoms. The number of benzene rings is 1. The van der Waals surface area contributed by atoms with Crippen molar-refractivity contribution in [1.29, 1.82) is 0 Å². The molecule has 0 saturated heterocycles. The van der Waals surface area contributed by atoms with Crippen molar-refractivity contribution in [3.8, 4) is 0 Å². The molecule has 1 rings (SSSR count). The Hall–Kier alpha value is -2.04. The largest absolute Gasteiger partial charge is 0.444 e. The lowest BCUT2D eigenvalue weighted by atomic mass is 10.1. The van der Waals surface area contributed by atoms with Crippen LogP contribution in [0.4, 0.5) is 4.79 Å². The van der Waals surface area contributed by atoms with Gasteiger partial charge in [0.1, 0.15) is 5.60 Å². The van der Waals surface area contributed by atoms with Crippen LogP contribution in [0, 0.1) is 0 Å². The first-order valence-electron chi connectivity index (χ1n) is 8.50. The maximum Gasteiger partial charge on any atom is 0.407 e. The van der Waals surface area contributed by atoms with Crippen molar-refractivity contribution >= 4 is 12.0 Å².